The molecule has 0 N–H and O–H groups in total. The van der Waals surface area contributed by atoms with Gasteiger partial charge in [-0.15, -0.1) is 0 Å². The molecule has 0 bridgehead atoms. The van der Waals surface area contributed by atoms with Gasteiger partial charge in [-0.25, -0.2) is 17.6 Å². The predicted octanol–water partition coefficient (Wildman–Crippen LogP) is 4.50. The van der Waals surface area contributed by atoms with E-state index in [-0.39, 0.29) is 11.1 Å². The van der Waals surface area contributed by atoms with Gasteiger partial charge in [0.25, 0.3) is 0 Å². The van der Waals surface area contributed by atoms with Crippen LogP contribution in [-0.4, -0.2) is 11.6 Å². The minimum absolute atomic E-state index is 0.00567. The van der Waals surface area contributed by atoms with E-state index < -0.39 is 41.3 Å². The van der Waals surface area contributed by atoms with Gasteiger partial charge < -0.3 is 0 Å². The van der Waals surface area contributed by atoms with Crippen molar-refractivity contribution in [3.8, 4) is 0 Å². The van der Waals surface area contributed by atoms with Crippen LogP contribution in [0.5, 0.6) is 0 Å². The molecule has 0 aliphatic heterocycles. The Bertz CT molecular complexity index is 798. The average molecular weight is 348 g/mol. The summed E-state index contributed by atoms with van der Waals surface area (Å²) in [7, 11) is 0. The number of allylic oxidation sites excluding steroid dienone is 2. The van der Waals surface area contributed by atoms with Crippen molar-refractivity contribution < 1.29 is 27.2 Å². The number of rotatable bonds is 6. The first-order chi connectivity index (χ1) is 11.8. The van der Waals surface area contributed by atoms with Crippen molar-refractivity contribution in [3.63, 3.8) is 0 Å². The molecule has 2 rings (SSSR count). The highest BCUT2D eigenvalue weighted by molar-refractivity contribution is 6.10. The van der Waals surface area contributed by atoms with Crippen LogP contribution in [0.25, 0.3) is 12.2 Å². The second-order valence-electron chi connectivity index (χ2n) is 5.11. The quantitative estimate of drug-likeness (QED) is 0.438. The first kappa shape index (κ1) is 18.3. The summed E-state index contributed by atoms with van der Waals surface area (Å²) in [5.74, 6) is -4.34. The second kappa shape index (κ2) is 8.19. The number of carbonyl (C=O) groups excluding carboxylic acids is 2. The first-order valence-electron chi connectivity index (χ1n) is 7.17. The highest BCUT2D eigenvalue weighted by atomic mass is 19.1. The van der Waals surface area contributed by atoms with Gasteiger partial charge in [-0.1, -0.05) is 0 Å². The Kier molecular flexibility index (Phi) is 6.00. The summed E-state index contributed by atoms with van der Waals surface area (Å²) in [5, 5.41) is 0. The number of hydrogen-bond acceptors (Lipinski definition) is 2. The van der Waals surface area contributed by atoms with Gasteiger partial charge in [0.15, 0.2) is 11.6 Å². The van der Waals surface area contributed by atoms with Crippen LogP contribution in [0.1, 0.15) is 17.5 Å². The van der Waals surface area contributed by atoms with Crippen LogP contribution in [0, 0.1) is 23.3 Å². The molecule has 2 nitrogen and oxygen atoms in total. The van der Waals surface area contributed by atoms with Crippen LogP contribution < -0.4 is 0 Å². The first-order valence-corrected chi connectivity index (χ1v) is 7.17. The minimum atomic E-state index is -0.831. The van der Waals surface area contributed by atoms with Crippen LogP contribution in [0.4, 0.5) is 17.6 Å². The zero-order valence-corrected chi connectivity index (χ0v) is 12.8. The molecule has 2 aromatic carbocycles. The van der Waals surface area contributed by atoms with E-state index in [9.17, 15) is 27.2 Å². The third-order valence-corrected chi connectivity index (χ3v) is 3.17. The topological polar surface area (TPSA) is 34.1 Å². The third-order valence-electron chi connectivity index (χ3n) is 3.17. The molecule has 0 fully saturated rings. The zero-order chi connectivity index (χ0) is 18.4. The van der Waals surface area contributed by atoms with Crippen LogP contribution in [0.15, 0.2) is 48.6 Å². The lowest BCUT2D eigenvalue weighted by atomic mass is 10.1. The van der Waals surface area contributed by atoms with Crippen LogP contribution in [-0.2, 0) is 9.59 Å². The number of carbonyl (C=O) groups is 2. The lowest BCUT2D eigenvalue weighted by Gasteiger charge is -1.97. The van der Waals surface area contributed by atoms with Crippen molar-refractivity contribution in [2.45, 2.75) is 6.42 Å². The van der Waals surface area contributed by atoms with Crippen LogP contribution in [0.3, 0.4) is 0 Å². The Morgan fingerprint density at radius 3 is 1.48 bits per heavy atom. The van der Waals surface area contributed by atoms with Crippen LogP contribution >= 0.6 is 0 Å². The normalized spacial score (nSPS) is 11.4. The number of benzene rings is 2. The molecule has 0 amide bonds. The number of halogens is 4. The molecule has 25 heavy (non-hydrogen) atoms. The Morgan fingerprint density at radius 2 is 1.12 bits per heavy atom. The number of hydrogen-bond donors (Lipinski definition) is 0. The fraction of sp³-hybridized carbons (Fsp3) is 0.0526. The third kappa shape index (κ3) is 5.53. The molecule has 0 atom stereocenters. The predicted molar refractivity (Wildman–Crippen MR) is 85.4 cm³/mol. The van der Waals surface area contributed by atoms with E-state index in [1.165, 1.54) is 0 Å². The summed E-state index contributed by atoms with van der Waals surface area (Å²) in [6, 6.07) is 5.75. The summed E-state index contributed by atoms with van der Waals surface area (Å²) in [6.07, 6.45) is 3.77. The standard InChI is InChI=1S/C19H12F4O2/c20-14-5-1-12(18(22)9-14)3-7-16(24)11-17(25)8-4-13-2-6-15(21)10-19(13)23/h1-10H,11H2. The summed E-state index contributed by atoms with van der Waals surface area (Å²) in [4.78, 5) is 23.3. The van der Waals surface area contributed by atoms with Gasteiger partial charge in [0.2, 0.25) is 0 Å². The van der Waals surface area contributed by atoms with Gasteiger partial charge >= 0.3 is 0 Å². The zero-order valence-electron chi connectivity index (χ0n) is 12.8. The average Bonchev–Trinajstić information content (AvgIpc) is 2.53. The fourth-order valence-electron chi connectivity index (χ4n) is 1.93. The van der Waals surface area contributed by atoms with Gasteiger partial charge in [-0.2, -0.15) is 0 Å². The van der Waals surface area contributed by atoms with E-state index in [0.717, 1.165) is 48.6 Å². The summed E-state index contributed by atoms with van der Waals surface area (Å²) >= 11 is 0. The van der Waals surface area contributed by atoms with Gasteiger partial charge in [0.05, 0.1) is 6.42 Å². The summed E-state index contributed by atoms with van der Waals surface area (Å²) in [5.41, 5.74) is 0.0113. The molecule has 0 unspecified atom stereocenters. The fourth-order valence-corrected chi connectivity index (χ4v) is 1.93. The van der Waals surface area contributed by atoms with Crippen molar-refractivity contribution in [1.29, 1.82) is 0 Å². The van der Waals surface area contributed by atoms with E-state index >= 15 is 0 Å². The lowest BCUT2D eigenvalue weighted by Crippen LogP contribution is -2.02. The Morgan fingerprint density at radius 1 is 0.720 bits per heavy atom. The maximum atomic E-state index is 13.4. The van der Waals surface area contributed by atoms with E-state index in [0.29, 0.717) is 12.1 Å². The van der Waals surface area contributed by atoms with E-state index in [1.54, 1.807) is 0 Å². The van der Waals surface area contributed by atoms with Crippen LogP contribution in [0.2, 0.25) is 0 Å². The molecule has 0 aromatic heterocycles. The largest absolute Gasteiger partial charge is 0.294 e. The molecule has 0 heterocycles. The monoisotopic (exact) mass is 348 g/mol. The SMILES string of the molecule is O=C(C=Cc1ccc(F)cc1F)CC(=O)C=Cc1ccc(F)cc1F. The molecule has 0 saturated heterocycles. The molecule has 6 heteroatoms. The van der Waals surface area contributed by atoms with Crippen molar-refractivity contribution in [3.05, 3.63) is 82.9 Å². The molecule has 0 aliphatic rings. The van der Waals surface area contributed by atoms with E-state index in [1.807, 2.05) is 0 Å². The molecule has 128 valence electrons. The molecular formula is C19H12F4O2. The molecule has 2 aromatic rings. The Balaban J connectivity index is 1.96. The van der Waals surface area contributed by atoms with Crippen molar-refractivity contribution >= 4 is 23.7 Å². The highest BCUT2D eigenvalue weighted by Gasteiger charge is 2.06. The van der Waals surface area contributed by atoms with E-state index in [2.05, 4.69) is 0 Å². The number of ketones is 2. The van der Waals surface area contributed by atoms with Crippen molar-refractivity contribution in [2.24, 2.45) is 0 Å². The minimum Gasteiger partial charge on any atom is -0.294 e. The van der Waals surface area contributed by atoms with Gasteiger partial charge in [0, 0.05) is 23.3 Å². The maximum Gasteiger partial charge on any atom is 0.163 e. The molecule has 0 saturated carbocycles. The Labute approximate surface area is 141 Å². The molecular weight excluding hydrogens is 336 g/mol. The lowest BCUT2D eigenvalue weighted by molar-refractivity contribution is -0.121. The summed E-state index contributed by atoms with van der Waals surface area (Å²) < 4.78 is 52.3. The highest BCUT2D eigenvalue weighted by Crippen LogP contribution is 2.12. The molecule has 0 spiro atoms. The van der Waals surface area contributed by atoms with Gasteiger partial charge in [-0.3, -0.25) is 9.59 Å². The molecule has 0 aliphatic carbocycles. The molecule has 0 radical (unpaired) electrons. The Hall–Kier alpha value is -3.02. The maximum absolute atomic E-state index is 13.4. The van der Waals surface area contributed by atoms with Crippen molar-refractivity contribution in [1.82, 2.24) is 0 Å². The summed E-state index contributed by atoms with van der Waals surface area (Å²) in [6.45, 7) is 0. The van der Waals surface area contributed by atoms with Crippen molar-refractivity contribution in [2.75, 3.05) is 0 Å². The second-order valence-corrected chi connectivity index (χ2v) is 5.11. The van der Waals surface area contributed by atoms with Gasteiger partial charge in [-0.05, 0) is 48.6 Å². The van der Waals surface area contributed by atoms with E-state index in [4.69, 9.17) is 0 Å². The van der Waals surface area contributed by atoms with Gasteiger partial charge in [0.1, 0.15) is 23.3 Å². The smallest absolute Gasteiger partial charge is 0.163 e.